The van der Waals surface area contributed by atoms with E-state index < -0.39 is 0 Å². The summed E-state index contributed by atoms with van der Waals surface area (Å²) in [5.74, 6) is 0.180. The highest BCUT2D eigenvalue weighted by molar-refractivity contribution is 9.11. The van der Waals surface area contributed by atoms with Crippen LogP contribution in [0.3, 0.4) is 0 Å². The van der Waals surface area contributed by atoms with Crippen molar-refractivity contribution in [1.29, 1.82) is 0 Å². The van der Waals surface area contributed by atoms with Gasteiger partial charge in [0.25, 0.3) is 0 Å². The summed E-state index contributed by atoms with van der Waals surface area (Å²) in [6.45, 7) is 1.87. The van der Waals surface area contributed by atoms with Gasteiger partial charge in [-0.25, -0.2) is 0 Å². The first kappa shape index (κ1) is 14.0. The topological polar surface area (TPSA) is 41.1 Å². The highest BCUT2D eigenvalue weighted by Gasteiger charge is 2.14. The quantitative estimate of drug-likeness (QED) is 0.842. The third-order valence-corrected chi connectivity index (χ3v) is 4.85. The number of nitrogens with one attached hydrogen (secondary N) is 2. The van der Waals surface area contributed by atoms with Gasteiger partial charge in [-0.2, -0.15) is 0 Å². The Kier molecular flexibility index (Phi) is 5.66. The lowest BCUT2D eigenvalue weighted by molar-refractivity contribution is -0.121. The van der Waals surface area contributed by atoms with Crippen LogP contribution in [0.25, 0.3) is 0 Å². The third-order valence-electron chi connectivity index (χ3n) is 3.16. The fraction of sp³-hybridized carbons (Fsp3) is 0.615. The first-order valence-corrected chi connectivity index (χ1v) is 8.09. The lowest BCUT2D eigenvalue weighted by Gasteiger charge is -2.11. The molecule has 0 aliphatic carbocycles. The van der Waals surface area contributed by atoms with Gasteiger partial charge in [0.1, 0.15) is 0 Å². The Morgan fingerprint density at radius 3 is 3.11 bits per heavy atom. The van der Waals surface area contributed by atoms with Crippen LogP contribution in [0.15, 0.2) is 15.9 Å². The molecule has 1 saturated heterocycles. The molecule has 1 aromatic heterocycles. The Hall–Kier alpha value is -0.390. The smallest absolute Gasteiger partial charge is 0.220 e. The Morgan fingerprint density at radius 2 is 2.44 bits per heavy atom. The fourth-order valence-electron chi connectivity index (χ4n) is 2.17. The molecule has 1 unspecified atom stereocenters. The van der Waals surface area contributed by atoms with Gasteiger partial charge in [-0.1, -0.05) is 0 Å². The minimum Gasteiger partial charge on any atom is -0.355 e. The molecule has 1 aliphatic heterocycles. The van der Waals surface area contributed by atoms with Crippen LogP contribution in [0.4, 0.5) is 0 Å². The Bertz CT molecular complexity index is 388. The van der Waals surface area contributed by atoms with Gasteiger partial charge in [-0.15, -0.1) is 11.3 Å². The minimum atomic E-state index is 0.180. The molecule has 5 heteroatoms. The van der Waals surface area contributed by atoms with Gasteiger partial charge in [0.05, 0.1) is 3.79 Å². The van der Waals surface area contributed by atoms with Crippen molar-refractivity contribution in [3.63, 3.8) is 0 Å². The molecule has 18 heavy (non-hydrogen) atoms. The summed E-state index contributed by atoms with van der Waals surface area (Å²) in [6, 6.07) is 4.67. The summed E-state index contributed by atoms with van der Waals surface area (Å²) in [4.78, 5) is 13.0. The number of carbonyl (C=O) groups excluding carboxylic acids is 1. The van der Waals surface area contributed by atoms with E-state index in [-0.39, 0.29) is 5.91 Å². The molecule has 2 N–H and O–H groups in total. The number of thiophene rings is 1. The molecule has 1 amide bonds. The van der Waals surface area contributed by atoms with Crippen molar-refractivity contribution in [2.45, 2.75) is 38.1 Å². The van der Waals surface area contributed by atoms with E-state index in [4.69, 9.17) is 0 Å². The molecule has 0 spiro atoms. The second-order valence-electron chi connectivity index (χ2n) is 4.66. The second kappa shape index (κ2) is 7.26. The van der Waals surface area contributed by atoms with Crippen LogP contribution in [0, 0.1) is 0 Å². The van der Waals surface area contributed by atoms with E-state index in [1.807, 2.05) is 0 Å². The van der Waals surface area contributed by atoms with E-state index >= 15 is 0 Å². The van der Waals surface area contributed by atoms with E-state index in [1.54, 1.807) is 11.3 Å². The van der Waals surface area contributed by atoms with Crippen LogP contribution in [-0.4, -0.2) is 25.0 Å². The van der Waals surface area contributed by atoms with Gasteiger partial charge in [0.15, 0.2) is 0 Å². The van der Waals surface area contributed by atoms with Crippen LogP contribution in [0.5, 0.6) is 0 Å². The number of aryl methyl sites for hydroxylation is 1. The van der Waals surface area contributed by atoms with Crippen molar-refractivity contribution < 1.29 is 4.79 Å². The molecule has 1 atom stereocenters. The highest BCUT2D eigenvalue weighted by Crippen LogP contribution is 2.23. The number of carbonyl (C=O) groups is 1. The van der Waals surface area contributed by atoms with Gasteiger partial charge in [0.2, 0.25) is 5.91 Å². The van der Waals surface area contributed by atoms with Gasteiger partial charge >= 0.3 is 0 Å². The van der Waals surface area contributed by atoms with Gasteiger partial charge < -0.3 is 10.6 Å². The van der Waals surface area contributed by atoms with Crippen LogP contribution >= 0.6 is 27.3 Å². The van der Waals surface area contributed by atoms with Crippen LogP contribution < -0.4 is 10.6 Å². The molecule has 0 bridgehead atoms. The largest absolute Gasteiger partial charge is 0.355 e. The van der Waals surface area contributed by atoms with Crippen LogP contribution in [0.2, 0.25) is 0 Å². The molecule has 1 aromatic rings. The summed E-state index contributed by atoms with van der Waals surface area (Å²) in [5, 5.41) is 6.39. The maximum atomic E-state index is 11.7. The van der Waals surface area contributed by atoms with E-state index in [9.17, 15) is 4.79 Å². The van der Waals surface area contributed by atoms with Crippen molar-refractivity contribution >= 4 is 33.2 Å². The third kappa shape index (κ3) is 4.71. The molecule has 3 nitrogen and oxygen atoms in total. The number of rotatable bonds is 6. The molecule has 1 fully saturated rings. The van der Waals surface area contributed by atoms with Crippen molar-refractivity contribution in [1.82, 2.24) is 10.6 Å². The monoisotopic (exact) mass is 330 g/mol. The van der Waals surface area contributed by atoms with Crippen molar-refractivity contribution in [2.24, 2.45) is 0 Å². The predicted octanol–water partition coefficient (Wildman–Crippen LogP) is 2.70. The predicted molar refractivity (Wildman–Crippen MR) is 79.0 cm³/mol. The van der Waals surface area contributed by atoms with Crippen molar-refractivity contribution in [3.05, 3.63) is 20.8 Å². The lowest BCUT2D eigenvalue weighted by Crippen LogP contribution is -2.37. The molecule has 0 aromatic carbocycles. The maximum absolute atomic E-state index is 11.7. The van der Waals surface area contributed by atoms with Gasteiger partial charge in [-0.3, -0.25) is 4.79 Å². The summed E-state index contributed by atoms with van der Waals surface area (Å²) in [5.41, 5.74) is 0. The molecule has 0 saturated carbocycles. The second-order valence-corrected chi connectivity index (χ2v) is 7.20. The maximum Gasteiger partial charge on any atom is 0.220 e. The lowest BCUT2D eigenvalue weighted by atomic mass is 10.2. The summed E-state index contributed by atoms with van der Waals surface area (Å²) < 4.78 is 1.16. The zero-order chi connectivity index (χ0) is 12.8. The molecule has 100 valence electrons. The fourth-order valence-corrected chi connectivity index (χ4v) is 3.69. The number of hydrogen-bond acceptors (Lipinski definition) is 3. The molecular formula is C13H19BrN2OS. The highest BCUT2D eigenvalue weighted by atomic mass is 79.9. The molecule has 1 aliphatic rings. The Morgan fingerprint density at radius 1 is 1.56 bits per heavy atom. The van der Waals surface area contributed by atoms with E-state index in [1.165, 1.54) is 17.7 Å². The Labute approximate surface area is 120 Å². The SMILES string of the molecule is O=C(CCCc1ccc(Br)s1)NCC1CCCN1. The van der Waals surface area contributed by atoms with E-state index in [0.29, 0.717) is 12.5 Å². The molecular weight excluding hydrogens is 312 g/mol. The standard InChI is InChI=1S/C13H19BrN2OS/c14-12-7-6-11(18-12)4-1-5-13(17)16-9-10-3-2-8-15-10/h6-7,10,15H,1-5,8-9H2,(H,16,17). The van der Waals surface area contributed by atoms with Crippen molar-refractivity contribution in [2.75, 3.05) is 13.1 Å². The van der Waals surface area contributed by atoms with E-state index in [2.05, 4.69) is 38.7 Å². The first-order chi connectivity index (χ1) is 8.74. The zero-order valence-electron chi connectivity index (χ0n) is 10.4. The van der Waals surface area contributed by atoms with E-state index in [0.717, 1.165) is 29.7 Å². The minimum absolute atomic E-state index is 0.180. The summed E-state index contributed by atoms with van der Waals surface area (Å²) in [7, 11) is 0. The average Bonchev–Trinajstić information content (AvgIpc) is 2.98. The molecule has 0 radical (unpaired) electrons. The first-order valence-electron chi connectivity index (χ1n) is 6.48. The summed E-state index contributed by atoms with van der Waals surface area (Å²) in [6.07, 6.45) is 4.96. The Balaban J connectivity index is 1.57. The number of amides is 1. The molecule has 2 heterocycles. The number of halogens is 1. The van der Waals surface area contributed by atoms with Gasteiger partial charge in [-0.05, 0) is 60.3 Å². The normalized spacial score (nSPS) is 19.1. The van der Waals surface area contributed by atoms with Gasteiger partial charge in [0, 0.05) is 23.9 Å². The number of hydrogen-bond donors (Lipinski definition) is 2. The summed E-state index contributed by atoms with van der Waals surface area (Å²) >= 11 is 5.20. The van der Waals surface area contributed by atoms with Crippen LogP contribution in [0.1, 0.15) is 30.6 Å². The van der Waals surface area contributed by atoms with Crippen LogP contribution in [-0.2, 0) is 11.2 Å². The zero-order valence-corrected chi connectivity index (χ0v) is 12.8. The van der Waals surface area contributed by atoms with Crippen molar-refractivity contribution in [3.8, 4) is 0 Å². The molecule has 2 rings (SSSR count). The average molecular weight is 331 g/mol.